The van der Waals surface area contributed by atoms with E-state index in [1.54, 1.807) is 19.3 Å². The zero-order chi connectivity index (χ0) is 22.5. The van der Waals surface area contributed by atoms with E-state index in [-0.39, 0.29) is 5.91 Å². The van der Waals surface area contributed by atoms with Crippen LogP contribution in [-0.4, -0.2) is 47.5 Å². The van der Waals surface area contributed by atoms with Crippen LogP contribution >= 0.6 is 0 Å². The number of amides is 1. The summed E-state index contributed by atoms with van der Waals surface area (Å²) < 4.78 is 5.48. The van der Waals surface area contributed by atoms with Crippen LogP contribution in [0, 0.1) is 12.3 Å². The van der Waals surface area contributed by atoms with E-state index >= 15 is 0 Å². The van der Waals surface area contributed by atoms with Gasteiger partial charge >= 0.3 is 0 Å². The fourth-order valence-corrected chi connectivity index (χ4v) is 3.44. The summed E-state index contributed by atoms with van der Waals surface area (Å²) in [5, 5.41) is 6.93. The Kier molecular flexibility index (Phi) is 6.34. The Morgan fingerprint density at radius 1 is 1.31 bits per heavy atom. The van der Waals surface area contributed by atoms with E-state index in [2.05, 4.69) is 38.5 Å². The standard InChI is InChI=1S/C25H25N5O2/c1-4-17-7-5-8-18(13-17)28-25-20-14-22(23(32-3)15-21(20)26-16-27-25)29-24(31)9-6-12-30(2)19-10-11-19/h1,5-9,13-16,19H,10-12H2,2-3H3,(H,29,31)(H,26,27,28). The minimum absolute atomic E-state index is 0.222. The molecule has 32 heavy (non-hydrogen) atoms. The normalized spacial score (nSPS) is 13.3. The van der Waals surface area contributed by atoms with Crippen LogP contribution in [0.2, 0.25) is 0 Å². The number of fused-ring (bicyclic) bond motifs is 1. The number of benzene rings is 2. The Labute approximate surface area is 187 Å². The topological polar surface area (TPSA) is 79.4 Å². The van der Waals surface area contributed by atoms with E-state index < -0.39 is 0 Å². The Bertz CT molecular complexity index is 1210. The van der Waals surface area contributed by atoms with Gasteiger partial charge in [-0.25, -0.2) is 9.97 Å². The van der Waals surface area contributed by atoms with Crippen molar-refractivity contribution in [2.75, 3.05) is 31.3 Å². The average molecular weight is 428 g/mol. The van der Waals surface area contributed by atoms with Gasteiger partial charge in [0.15, 0.2) is 0 Å². The van der Waals surface area contributed by atoms with Crippen molar-refractivity contribution in [3.63, 3.8) is 0 Å². The van der Waals surface area contributed by atoms with E-state index in [9.17, 15) is 4.79 Å². The smallest absolute Gasteiger partial charge is 0.248 e. The second kappa shape index (κ2) is 9.50. The number of aromatic nitrogens is 2. The lowest BCUT2D eigenvalue weighted by atomic mass is 10.1. The van der Waals surface area contributed by atoms with Crippen LogP contribution < -0.4 is 15.4 Å². The Balaban J connectivity index is 1.58. The number of methoxy groups -OCH3 is 1. The number of terminal acetylenes is 1. The Morgan fingerprint density at radius 3 is 2.91 bits per heavy atom. The highest BCUT2D eigenvalue weighted by Crippen LogP contribution is 2.33. The molecule has 1 saturated carbocycles. The fraction of sp³-hybridized carbons (Fsp3) is 0.240. The molecule has 1 aromatic heterocycles. The van der Waals surface area contributed by atoms with Crippen molar-refractivity contribution in [2.45, 2.75) is 18.9 Å². The van der Waals surface area contributed by atoms with E-state index in [4.69, 9.17) is 11.2 Å². The number of carbonyl (C=O) groups excluding carboxylic acids is 1. The van der Waals surface area contributed by atoms with Crippen molar-refractivity contribution in [1.29, 1.82) is 0 Å². The van der Waals surface area contributed by atoms with Crippen molar-refractivity contribution < 1.29 is 9.53 Å². The van der Waals surface area contributed by atoms with Crippen LogP contribution in [0.3, 0.4) is 0 Å². The summed E-state index contributed by atoms with van der Waals surface area (Å²) in [6, 6.07) is 11.7. The minimum atomic E-state index is -0.222. The van der Waals surface area contributed by atoms with Crippen molar-refractivity contribution in [3.05, 3.63) is 60.4 Å². The zero-order valence-electron chi connectivity index (χ0n) is 18.1. The third kappa shape index (κ3) is 5.05. The van der Waals surface area contributed by atoms with Crippen molar-refractivity contribution in [2.24, 2.45) is 0 Å². The maximum Gasteiger partial charge on any atom is 0.248 e. The van der Waals surface area contributed by atoms with Gasteiger partial charge in [-0.2, -0.15) is 0 Å². The monoisotopic (exact) mass is 427 g/mol. The molecule has 1 aliphatic rings. The van der Waals surface area contributed by atoms with Crippen molar-refractivity contribution in [1.82, 2.24) is 14.9 Å². The minimum Gasteiger partial charge on any atom is -0.494 e. The molecule has 0 saturated heterocycles. The largest absolute Gasteiger partial charge is 0.494 e. The number of nitrogens with one attached hydrogen (secondary N) is 2. The average Bonchev–Trinajstić information content (AvgIpc) is 3.65. The van der Waals surface area contributed by atoms with Gasteiger partial charge in [0.25, 0.3) is 0 Å². The second-order valence-electron chi connectivity index (χ2n) is 7.70. The fourth-order valence-electron chi connectivity index (χ4n) is 3.44. The van der Waals surface area contributed by atoms with E-state index in [0.29, 0.717) is 28.8 Å². The number of carbonyl (C=O) groups is 1. The second-order valence-corrected chi connectivity index (χ2v) is 7.70. The van der Waals surface area contributed by atoms with E-state index in [1.807, 2.05) is 36.4 Å². The predicted octanol–water partition coefficient (Wildman–Crippen LogP) is 3.95. The van der Waals surface area contributed by atoms with Crippen LogP contribution in [0.25, 0.3) is 10.9 Å². The SMILES string of the molecule is C#Cc1cccc(Nc2ncnc3cc(OC)c(NC(=O)C=CCN(C)C4CC4)cc23)c1. The summed E-state index contributed by atoms with van der Waals surface area (Å²) in [6.45, 7) is 0.742. The van der Waals surface area contributed by atoms with Crippen LogP contribution in [0.15, 0.2) is 54.9 Å². The number of ether oxygens (including phenoxy) is 1. The van der Waals surface area contributed by atoms with Gasteiger partial charge in [0.1, 0.15) is 17.9 Å². The number of rotatable bonds is 8. The van der Waals surface area contributed by atoms with Crippen molar-refractivity contribution in [3.8, 4) is 18.1 Å². The number of anilines is 3. The summed E-state index contributed by atoms with van der Waals surface area (Å²) in [5.74, 6) is 3.52. The van der Waals surface area contributed by atoms with E-state index in [0.717, 1.165) is 23.2 Å². The zero-order valence-corrected chi connectivity index (χ0v) is 18.1. The summed E-state index contributed by atoms with van der Waals surface area (Å²) in [7, 11) is 3.63. The quantitative estimate of drug-likeness (QED) is 0.419. The van der Waals surface area contributed by atoms with Gasteiger partial charge in [0.05, 0.1) is 18.3 Å². The van der Waals surface area contributed by atoms with Gasteiger partial charge in [0, 0.05) is 41.4 Å². The first-order chi connectivity index (χ1) is 15.6. The first-order valence-electron chi connectivity index (χ1n) is 10.4. The molecule has 1 heterocycles. The summed E-state index contributed by atoms with van der Waals surface area (Å²) in [6.07, 6.45) is 12.9. The highest BCUT2D eigenvalue weighted by Gasteiger charge is 2.24. The maximum absolute atomic E-state index is 12.5. The molecule has 4 rings (SSSR count). The molecular formula is C25H25N5O2. The van der Waals surface area contributed by atoms with Gasteiger partial charge < -0.3 is 15.4 Å². The number of hydrogen-bond donors (Lipinski definition) is 2. The molecule has 162 valence electrons. The van der Waals surface area contributed by atoms with Crippen molar-refractivity contribution >= 4 is 34.0 Å². The lowest BCUT2D eigenvalue weighted by molar-refractivity contribution is -0.111. The van der Waals surface area contributed by atoms with Gasteiger partial charge in [-0.15, -0.1) is 6.42 Å². The summed E-state index contributed by atoms with van der Waals surface area (Å²) in [4.78, 5) is 23.5. The van der Waals surface area contributed by atoms with Gasteiger partial charge in [-0.1, -0.05) is 18.1 Å². The molecule has 0 atom stereocenters. The highest BCUT2D eigenvalue weighted by molar-refractivity contribution is 6.03. The molecule has 0 spiro atoms. The highest BCUT2D eigenvalue weighted by atomic mass is 16.5. The molecule has 7 nitrogen and oxygen atoms in total. The molecule has 2 aromatic carbocycles. The van der Waals surface area contributed by atoms with Gasteiger partial charge in [0.2, 0.25) is 5.91 Å². The molecule has 3 aromatic rings. The molecule has 0 aliphatic heterocycles. The Morgan fingerprint density at radius 2 is 2.16 bits per heavy atom. The number of likely N-dealkylation sites (N-methyl/N-ethyl adjacent to an activating group) is 1. The lowest BCUT2D eigenvalue weighted by Gasteiger charge is -2.14. The van der Waals surface area contributed by atoms with Gasteiger partial charge in [-0.05, 0) is 44.2 Å². The molecule has 0 bridgehead atoms. The third-order valence-electron chi connectivity index (χ3n) is 5.34. The molecule has 1 fully saturated rings. The Hall–Kier alpha value is -3.89. The maximum atomic E-state index is 12.5. The summed E-state index contributed by atoms with van der Waals surface area (Å²) >= 11 is 0. The molecule has 0 unspecified atom stereocenters. The van der Waals surface area contributed by atoms with Crippen LogP contribution in [0.1, 0.15) is 18.4 Å². The molecule has 0 radical (unpaired) electrons. The summed E-state index contributed by atoms with van der Waals surface area (Å²) in [5.41, 5.74) is 2.80. The van der Waals surface area contributed by atoms with Crippen LogP contribution in [0.5, 0.6) is 5.75 Å². The number of nitrogens with zero attached hydrogens (tertiary/aromatic N) is 3. The molecule has 1 amide bonds. The molecule has 1 aliphatic carbocycles. The van der Waals surface area contributed by atoms with Gasteiger partial charge in [-0.3, -0.25) is 9.69 Å². The molecular weight excluding hydrogens is 402 g/mol. The molecule has 7 heteroatoms. The number of hydrogen-bond acceptors (Lipinski definition) is 6. The van der Waals surface area contributed by atoms with Crippen LogP contribution in [-0.2, 0) is 4.79 Å². The molecule has 2 N–H and O–H groups in total. The van der Waals surface area contributed by atoms with Crippen LogP contribution in [0.4, 0.5) is 17.2 Å². The first-order valence-corrected chi connectivity index (χ1v) is 10.4. The van der Waals surface area contributed by atoms with E-state index in [1.165, 1.54) is 19.2 Å². The lowest BCUT2D eigenvalue weighted by Crippen LogP contribution is -2.20. The predicted molar refractivity (Wildman–Crippen MR) is 127 cm³/mol. The third-order valence-corrected chi connectivity index (χ3v) is 5.34. The first kappa shape index (κ1) is 21.3.